The Balaban J connectivity index is 2.71. The summed E-state index contributed by atoms with van der Waals surface area (Å²) >= 11 is 5.93. The molecule has 0 atom stereocenters. The van der Waals surface area contributed by atoms with Crippen LogP contribution in [0.5, 0.6) is 0 Å². The van der Waals surface area contributed by atoms with Gasteiger partial charge in [0.05, 0.1) is 0 Å². The smallest absolute Gasteiger partial charge is 0.0458 e. The molecule has 1 nitrogen and oxygen atoms in total. The number of hydrogen-bond acceptors (Lipinski definition) is 0. The number of nitrogens with one attached hydrogen (secondary N) is 1. The predicted molar refractivity (Wildman–Crippen MR) is 57.0 cm³/mol. The van der Waals surface area contributed by atoms with E-state index in [4.69, 9.17) is 11.6 Å². The number of rotatable bonds is 1. The Morgan fingerprint density at radius 2 is 2.08 bits per heavy atom. The topological polar surface area (TPSA) is 15.8 Å². The van der Waals surface area contributed by atoms with E-state index in [1.54, 1.807) is 0 Å². The molecule has 0 saturated heterocycles. The lowest BCUT2D eigenvalue weighted by atomic mass is 10.0. The average molecular weight is 193 g/mol. The highest BCUT2D eigenvalue weighted by Crippen LogP contribution is 2.26. The van der Waals surface area contributed by atoms with Crippen molar-refractivity contribution in [2.75, 3.05) is 0 Å². The SMILES string of the molecule is C[C](C)c1c[nH]c2ccc(Cl)cc12. The van der Waals surface area contributed by atoms with Gasteiger partial charge in [-0.15, -0.1) is 0 Å². The molecule has 2 heteroatoms. The number of H-pyrrole nitrogens is 1. The van der Waals surface area contributed by atoms with Gasteiger partial charge in [0, 0.05) is 28.0 Å². The number of halogens is 1. The van der Waals surface area contributed by atoms with E-state index >= 15 is 0 Å². The second kappa shape index (κ2) is 3.08. The van der Waals surface area contributed by atoms with Crippen LogP contribution in [0.25, 0.3) is 10.9 Å². The first kappa shape index (κ1) is 8.64. The number of aromatic amines is 1. The maximum atomic E-state index is 5.93. The quantitative estimate of drug-likeness (QED) is 0.708. The highest BCUT2D eigenvalue weighted by molar-refractivity contribution is 6.31. The Labute approximate surface area is 82.7 Å². The molecule has 0 aliphatic carbocycles. The summed E-state index contributed by atoms with van der Waals surface area (Å²) in [5.41, 5.74) is 2.39. The van der Waals surface area contributed by atoms with Crippen LogP contribution in [0.4, 0.5) is 0 Å². The first-order valence-electron chi connectivity index (χ1n) is 4.25. The summed E-state index contributed by atoms with van der Waals surface area (Å²) in [6.45, 7) is 4.20. The van der Waals surface area contributed by atoms with Crippen molar-refractivity contribution in [2.45, 2.75) is 13.8 Å². The van der Waals surface area contributed by atoms with Crippen molar-refractivity contribution in [3.8, 4) is 0 Å². The molecule has 2 aromatic rings. The Bertz CT molecular complexity index is 429. The van der Waals surface area contributed by atoms with Crippen LogP contribution in [0.1, 0.15) is 19.4 Å². The third-order valence-electron chi connectivity index (χ3n) is 2.18. The van der Waals surface area contributed by atoms with Gasteiger partial charge in [-0.1, -0.05) is 25.4 Å². The van der Waals surface area contributed by atoms with Gasteiger partial charge in [-0.25, -0.2) is 0 Å². The molecule has 0 spiro atoms. The molecule has 2 rings (SSSR count). The fourth-order valence-electron chi connectivity index (χ4n) is 1.51. The van der Waals surface area contributed by atoms with Crippen LogP contribution in [-0.4, -0.2) is 4.98 Å². The average Bonchev–Trinajstić information content (AvgIpc) is 2.46. The molecule has 13 heavy (non-hydrogen) atoms. The molecule has 0 unspecified atom stereocenters. The van der Waals surface area contributed by atoms with Crippen LogP contribution in [0, 0.1) is 5.92 Å². The minimum Gasteiger partial charge on any atom is -0.361 e. The first-order chi connectivity index (χ1) is 6.18. The van der Waals surface area contributed by atoms with Crippen LogP contribution < -0.4 is 0 Å². The molecule has 1 N–H and O–H groups in total. The zero-order valence-electron chi connectivity index (χ0n) is 7.69. The lowest BCUT2D eigenvalue weighted by molar-refractivity contribution is 1.16. The minimum atomic E-state index is 0.787. The van der Waals surface area contributed by atoms with Crippen molar-refractivity contribution < 1.29 is 0 Å². The molecule has 0 fully saturated rings. The van der Waals surface area contributed by atoms with Gasteiger partial charge in [0.2, 0.25) is 0 Å². The van der Waals surface area contributed by atoms with E-state index < -0.39 is 0 Å². The van der Waals surface area contributed by atoms with Crippen LogP contribution in [0.3, 0.4) is 0 Å². The summed E-state index contributed by atoms with van der Waals surface area (Å²) < 4.78 is 0. The molecule has 1 heterocycles. The second-order valence-corrected chi connectivity index (χ2v) is 3.83. The maximum absolute atomic E-state index is 5.93. The Hall–Kier alpha value is -0.950. The number of hydrogen-bond donors (Lipinski definition) is 1. The molecule has 0 aliphatic rings. The van der Waals surface area contributed by atoms with Crippen molar-refractivity contribution in [1.29, 1.82) is 0 Å². The van der Waals surface area contributed by atoms with E-state index in [9.17, 15) is 0 Å². The van der Waals surface area contributed by atoms with Gasteiger partial charge in [-0.3, -0.25) is 0 Å². The summed E-state index contributed by atoms with van der Waals surface area (Å²) in [4.78, 5) is 3.22. The first-order valence-corrected chi connectivity index (χ1v) is 4.63. The van der Waals surface area contributed by atoms with E-state index in [1.807, 2.05) is 24.4 Å². The summed E-state index contributed by atoms with van der Waals surface area (Å²) in [6.07, 6.45) is 2.02. The summed E-state index contributed by atoms with van der Waals surface area (Å²) in [7, 11) is 0. The van der Waals surface area contributed by atoms with Gasteiger partial charge >= 0.3 is 0 Å². The highest BCUT2D eigenvalue weighted by Gasteiger charge is 2.07. The Kier molecular flexibility index (Phi) is 2.04. The number of aromatic nitrogens is 1. The summed E-state index contributed by atoms with van der Waals surface area (Å²) in [6, 6.07) is 5.90. The van der Waals surface area contributed by atoms with Crippen LogP contribution in [-0.2, 0) is 0 Å². The lowest BCUT2D eigenvalue weighted by Gasteiger charge is -2.01. The van der Waals surface area contributed by atoms with Crippen LogP contribution >= 0.6 is 11.6 Å². The third-order valence-corrected chi connectivity index (χ3v) is 2.42. The van der Waals surface area contributed by atoms with Gasteiger partial charge in [0.1, 0.15) is 0 Å². The molecule has 67 valence electrons. The van der Waals surface area contributed by atoms with Crippen LogP contribution in [0.2, 0.25) is 5.02 Å². The molecule has 0 amide bonds. The molecule has 1 radical (unpaired) electrons. The molecular formula is C11H11ClN. The van der Waals surface area contributed by atoms with Gasteiger partial charge in [0.15, 0.2) is 0 Å². The van der Waals surface area contributed by atoms with Crippen molar-refractivity contribution in [2.24, 2.45) is 0 Å². The Morgan fingerprint density at radius 1 is 1.31 bits per heavy atom. The second-order valence-electron chi connectivity index (χ2n) is 3.39. The van der Waals surface area contributed by atoms with Gasteiger partial charge in [-0.2, -0.15) is 0 Å². The third kappa shape index (κ3) is 1.44. The lowest BCUT2D eigenvalue weighted by Crippen LogP contribution is -1.84. The van der Waals surface area contributed by atoms with Crippen LogP contribution in [0.15, 0.2) is 24.4 Å². The van der Waals surface area contributed by atoms with E-state index in [2.05, 4.69) is 18.8 Å². The fourth-order valence-corrected chi connectivity index (χ4v) is 1.68. The molecule has 1 aromatic carbocycles. The van der Waals surface area contributed by atoms with Gasteiger partial charge in [0.25, 0.3) is 0 Å². The van der Waals surface area contributed by atoms with E-state index in [-0.39, 0.29) is 0 Å². The predicted octanol–water partition coefficient (Wildman–Crippen LogP) is 3.78. The minimum absolute atomic E-state index is 0.787. The largest absolute Gasteiger partial charge is 0.361 e. The van der Waals surface area contributed by atoms with Gasteiger partial charge < -0.3 is 4.98 Å². The molecule has 1 aromatic heterocycles. The van der Waals surface area contributed by atoms with E-state index in [1.165, 1.54) is 16.9 Å². The maximum Gasteiger partial charge on any atom is 0.0458 e. The zero-order chi connectivity index (χ0) is 9.42. The summed E-state index contributed by atoms with van der Waals surface area (Å²) in [5.74, 6) is 1.30. The fraction of sp³-hybridized carbons (Fsp3) is 0.182. The molecular weight excluding hydrogens is 182 g/mol. The van der Waals surface area contributed by atoms with E-state index in [0.717, 1.165) is 10.5 Å². The standard InChI is InChI=1S/C11H11ClN/c1-7(2)10-6-13-11-4-3-8(12)5-9(10)11/h3-6,13H,1-2H3. The van der Waals surface area contributed by atoms with E-state index in [0.29, 0.717) is 0 Å². The normalized spacial score (nSPS) is 11.4. The van der Waals surface area contributed by atoms with Crippen molar-refractivity contribution in [1.82, 2.24) is 4.98 Å². The van der Waals surface area contributed by atoms with Crippen molar-refractivity contribution in [3.63, 3.8) is 0 Å². The number of benzene rings is 1. The zero-order valence-corrected chi connectivity index (χ0v) is 8.44. The number of fused-ring (bicyclic) bond motifs is 1. The highest BCUT2D eigenvalue weighted by atomic mass is 35.5. The van der Waals surface area contributed by atoms with Gasteiger partial charge in [-0.05, 0) is 23.8 Å². The summed E-state index contributed by atoms with van der Waals surface area (Å²) in [5, 5.41) is 1.99. The monoisotopic (exact) mass is 192 g/mol. The van der Waals surface area contributed by atoms with Crippen molar-refractivity contribution in [3.05, 3.63) is 40.9 Å². The molecule has 0 aliphatic heterocycles. The molecule has 0 saturated carbocycles. The molecule has 0 bridgehead atoms. The Morgan fingerprint density at radius 3 is 2.77 bits per heavy atom. The van der Waals surface area contributed by atoms with Crippen molar-refractivity contribution >= 4 is 22.5 Å².